The minimum absolute atomic E-state index is 0.282. The molecule has 0 aliphatic rings. The molecule has 120 valence electrons. The number of aromatic nitrogens is 1. The van der Waals surface area contributed by atoms with E-state index in [9.17, 15) is 9.59 Å². The fourth-order valence-electron chi connectivity index (χ4n) is 1.84. The van der Waals surface area contributed by atoms with Gasteiger partial charge in [-0.2, -0.15) is 0 Å². The minimum Gasteiger partial charge on any atom is -0.350 e. The van der Waals surface area contributed by atoms with E-state index in [1.165, 1.54) is 0 Å². The predicted molar refractivity (Wildman–Crippen MR) is 89.2 cm³/mol. The lowest BCUT2D eigenvalue weighted by atomic mass is 10.2. The summed E-state index contributed by atoms with van der Waals surface area (Å²) in [4.78, 5) is 27.8. The Morgan fingerprint density at radius 1 is 1.26 bits per heavy atom. The van der Waals surface area contributed by atoms with Crippen molar-refractivity contribution in [1.29, 1.82) is 0 Å². The molecule has 7 heteroatoms. The van der Waals surface area contributed by atoms with Crippen LogP contribution in [0.1, 0.15) is 12.5 Å². The van der Waals surface area contributed by atoms with E-state index in [1.807, 2.05) is 6.07 Å². The topological polar surface area (TPSA) is 83.1 Å². The molecule has 1 aromatic heterocycles. The largest absolute Gasteiger partial charge is 0.350 e. The molecule has 1 aromatic carbocycles. The van der Waals surface area contributed by atoms with Crippen molar-refractivity contribution in [3.63, 3.8) is 0 Å². The van der Waals surface area contributed by atoms with Crippen molar-refractivity contribution in [2.75, 3.05) is 5.32 Å². The molecular formula is C16H17ClN4O2. The fourth-order valence-corrected chi connectivity index (χ4v) is 2.03. The number of hydrogen-bond acceptors (Lipinski definition) is 3. The zero-order valence-corrected chi connectivity index (χ0v) is 13.3. The maximum atomic E-state index is 12.0. The molecular weight excluding hydrogens is 316 g/mol. The fraction of sp³-hybridized carbons (Fsp3) is 0.188. The Morgan fingerprint density at radius 2 is 2.09 bits per heavy atom. The maximum absolute atomic E-state index is 12.0. The summed E-state index contributed by atoms with van der Waals surface area (Å²) in [6.07, 6.45) is 3.33. The number of carbonyl (C=O) groups is 2. The second-order valence-electron chi connectivity index (χ2n) is 4.91. The van der Waals surface area contributed by atoms with Crippen molar-refractivity contribution in [3.05, 3.63) is 59.4 Å². The number of pyridine rings is 1. The van der Waals surface area contributed by atoms with Gasteiger partial charge in [0.05, 0.1) is 0 Å². The van der Waals surface area contributed by atoms with Crippen LogP contribution in [-0.4, -0.2) is 23.0 Å². The zero-order chi connectivity index (χ0) is 16.7. The number of rotatable bonds is 5. The Hall–Kier alpha value is -2.60. The highest BCUT2D eigenvalue weighted by atomic mass is 35.5. The summed E-state index contributed by atoms with van der Waals surface area (Å²) in [6, 6.07) is 9.26. The third-order valence-electron chi connectivity index (χ3n) is 3.01. The summed E-state index contributed by atoms with van der Waals surface area (Å²) in [5.41, 5.74) is 1.44. The summed E-state index contributed by atoms with van der Waals surface area (Å²) in [7, 11) is 0. The zero-order valence-electron chi connectivity index (χ0n) is 12.5. The van der Waals surface area contributed by atoms with Crippen molar-refractivity contribution in [3.8, 4) is 0 Å². The SMILES string of the molecule is C[C@H](NC(=O)Nc1cccc(Cl)c1)C(=O)NCc1cccnc1. The van der Waals surface area contributed by atoms with E-state index in [0.29, 0.717) is 17.3 Å². The van der Waals surface area contributed by atoms with E-state index < -0.39 is 12.1 Å². The molecule has 0 radical (unpaired) electrons. The molecule has 0 spiro atoms. The molecule has 1 atom stereocenters. The molecule has 2 aromatic rings. The van der Waals surface area contributed by atoms with Gasteiger partial charge in [-0.05, 0) is 36.8 Å². The molecule has 6 nitrogen and oxygen atoms in total. The Kier molecular flexibility index (Phi) is 5.94. The number of anilines is 1. The lowest BCUT2D eigenvalue weighted by molar-refractivity contribution is -0.122. The standard InChI is InChI=1S/C16H17ClN4O2/c1-11(15(22)19-10-12-4-3-7-18-9-12)20-16(23)21-14-6-2-5-13(17)8-14/h2-9,11H,10H2,1H3,(H,19,22)(H2,20,21,23)/t11-/m0/s1. The van der Waals surface area contributed by atoms with Crippen LogP contribution in [0.15, 0.2) is 48.8 Å². The van der Waals surface area contributed by atoms with Crippen LogP contribution >= 0.6 is 11.6 Å². The Bertz CT molecular complexity index is 679. The second kappa shape index (κ2) is 8.14. The van der Waals surface area contributed by atoms with Gasteiger partial charge < -0.3 is 16.0 Å². The van der Waals surface area contributed by atoms with Crippen LogP contribution in [0.5, 0.6) is 0 Å². The van der Waals surface area contributed by atoms with Gasteiger partial charge in [0.1, 0.15) is 6.04 Å². The number of hydrogen-bond donors (Lipinski definition) is 3. The third-order valence-corrected chi connectivity index (χ3v) is 3.25. The van der Waals surface area contributed by atoms with Gasteiger partial charge in [-0.25, -0.2) is 4.79 Å². The summed E-state index contributed by atoms with van der Waals surface area (Å²) in [5.74, 6) is -0.282. The van der Waals surface area contributed by atoms with Crippen molar-refractivity contribution < 1.29 is 9.59 Å². The van der Waals surface area contributed by atoms with E-state index >= 15 is 0 Å². The average Bonchev–Trinajstić information content (AvgIpc) is 2.53. The number of carbonyl (C=O) groups excluding carboxylic acids is 2. The predicted octanol–water partition coefficient (Wildman–Crippen LogP) is 2.56. The molecule has 2 rings (SSSR count). The van der Waals surface area contributed by atoms with Crippen LogP contribution in [0.25, 0.3) is 0 Å². The quantitative estimate of drug-likeness (QED) is 0.787. The number of halogens is 1. The van der Waals surface area contributed by atoms with Crippen molar-refractivity contribution in [2.24, 2.45) is 0 Å². The van der Waals surface area contributed by atoms with Crippen molar-refractivity contribution in [2.45, 2.75) is 19.5 Å². The van der Waals surface area contributed by atoms with Gasteiger partial charge >= 0.3 is 6.03 Å². The third kappa shape index (κ3) is 5.60. The molecule has 1 heterocycles. The van der Waals surface area contributed by atoms with Gasteiger partial charge in [0, 0.05) is 29.6 Å². The summed E-state index contributed by atoms with van der Waals surface area (Å²) in [6.45, 7) is 1.96. The van der Waals surface area contributed by atoms with Crippen LogP contribution < -0.4 is 16.0 Å². The molecule has 23 heavy (non-hydrogen) atoms. The van der Waals surface area contributed by atoms with Gasteiger partial charge in [0.2, 0.25) is 5.91 Å². The number of nitrogens with zero attached hydrogens (tertiary/aromatic N) is 1. The van der Waals surface area contributed by atoms with Crippen LogP contribution in [-0.2, 0) is 11.3 Å². The number of benzene rings is 1. The van der Waals surface area contributed by atoms with E-state index in [-0.39, 0.29) is 5.91 Å². The average molecular weight is 333 g/mol. The van der Waals surface area contributed by atoms with Crippen LogP contribution in [0, 0.1) is 0 Å². The molecule has 0 fully saturated rings. The number of nitrogens with one attached hydrogen (secondary N) is 3. The molecule has 3 N–H and O–H groups in total. The lowest BCUT2D eigenvalue weighted by Gasteiger charge is -2.15. The van der Waals surface area contributed by atoms with E-state index in [4.69, 9.17) is 11.6 Å². The number of amides is 3. The molecule has 0 saturated carbocycles. The Morgan fingerprint density at radius 3 is 2.78 bits per heavy atom. The summed E-state index contributed by atoms with van der Waals surface area (Å²) < 4.78 is 0. The molecule has 0 aliphatic carbocycles. The minimum atomic E-state index is -0.675. The monoisotopic (exact) mass is 332 g/mol. The molecule has 0 aliphatic heterocycles. The van der Waals surface area contributed by atoms with Gasteiger partial charge in [0.25, 0.3) is 0 Å². The van der Waals surface area contributed by atoms with Gasteiger partial charge in [-0.1, -0.05) is 23.7 Å². The number of urea groups is 1. The molecule has 0 bridgehead atoms. The summed E-state index contributed by atoms with van der Waals surface area (Å²) in [5, 5.41) is 8.43. The Balaban J connectivity index is 1.79. The Labute approximate surface area is 139 Å². The maximum Gasteiger partial charge on any atom is 0.319 e. The molecule has 3 amide bonds. The van der Waals surface area contributed by atoms with E-state index in [2.05, 4.69) is 20.9 Å². The first kappa shape index (κ1) is 16.8. The smallest absolute Gasteiger partial charge is 0.319 e. The van der Waals surface area contributed by atoms with Crippen molar-refractivity contribution >= 4 is 29.2 Å². The first-order valence-corrected chi connectivity index (χ1v) is 7.42. The first-order valence-electron chi connectivity index (χ1n) is 7.04. The van der Waals surface area contributed by atoms with Gasteiger partial charge in [-0.3, -0.25) is 9.78 Å². The highest BCUT2D eigenvalue weighted by molar-refractivity contribution is 6.30. The highest BCUT2D eigenvalue weighted by Gasteiger charge is 2.15. The van der Waals surface area contributed by atoms with Crippen LogP contribution in [0.3, 0.4) is 0 Å². The van der Waals surface area contributed by atoms with Gasteiger partial charge in [0.15, 0.2) is 0 Å². The van der Waals surface area contributed by atoms with Crippen LogP contribution in [0.2, 0.25) is 5.02 Å². The second-order valence-corrected chi connectivity index (χ2v) is 5.35. The van der Waals surface area contributed by atoms with Crippen LogP contribution in [0.4, 0.5) is 10.5 Å². The highest BCUT2D eigenvalue weighted by Crippen LogP contribution is 2.14. The van der Waals surface area contributed by atoms with E-state index in [1.54, 1.807) is 49.6 Å². The first-order chi connectivity index (χ1) is 11.0. The van der Waals surface area contributed by atoms with E-state index in [0.717, 1.165) is 5.56 Å². The summed E-state index contributed by atoms with van der Waals surface area (Å²) >= 11 is 5.84. The van der Waals surface area contributed by atoms with Crippen molar-refractivity contribution in [1.82, 2.24) is 15.6 Å². The normalized spacial score (nSPS) is 11.4. The lowest BCUT2D eigenvalue weighted by Crippen LogP contribution is -2.46. The molecule has 0 unspecified atom stereocenters. The molecule has 0 saturated heterocycles. The van der Waals surface area contributed by atoms with Gasteiger partial charge in [-0.15, -0.1) is 0 Å².